The third kappa shape index (κ3) is 1.78. The van der Waals surface area contributed by atoms with Gasteiger partial charge in [0.15, 0.2) is 0 Å². The van der Waals surface area contributed by atoms with Gasteiger partial charge in [-0.15, -0.1) is 0 Å². The van der Waals surface area contributed by atoms with E-state index in [1.807, 2.05) is 11.8 Å². The fraction of sp³-hybridized carbons (Fsp3) is 0.909. The van der Waals surface area contributed by atoms with Gasteiger partial charge in [-0.25, -0.2) is 0 Å². The number of hydrogen-bond acceptors (Lipinski definition) is 2. The van der Waals surface area contributed by atoms with Crippen LogP contribution in [0.1, 0.15) is 39.5 Å². The van der Waals surface area contributed by atoms with E-state index in [9.17, 15) is 4.79 Å². The fourth-order valence-electron chi connectivity index (χ4n) is 2.64. The van der Waals surface area contributed by atoms with Crippen molar-refractivity contribution in [3.05, 3.63) is 0 Å². The lowest BCUT2D eigenvalue weighted by Gasteiger charge is -2.33. The Bertz CT molecular complexity index is 229. The van der Waals surface area contributed by atoms with E-state index in [2.05, 4.69) is 12.2 Å². The van der Waals surface area contributed by atoms with Gasteiger partial charge in [-0.2, -0.15) is 0 Å². The Hall–Kier alpha value is -0.570. The van der Waals surface area contributed by atoms with Gasteiger partial charge in [0, 0.05) is 6.04 Å². The van der Waals surface area contributed by atoms with Crippen LogP contribution in [0, 0.1) is 5.92 Å². The molecule has 14 heavy (non-hydrogen) atoms. The third-order valence-electron chi connectivity index (χ3n) is 3.57. The molecule has 0 aromatic rings. The number of amides is 1. The maximum absolute atomic E-state index is 11.8. The maximum Gasteiger partial charge on any atom is 0.240 e. The van der Waals surface area contributed by atoms with Crippen molar-refractivity contribution in [1.29, 1.82) is 0 Å². The minimum absolute atomic E-state index is 0.0345. The molecule has 2 aliphatic rings. The van der Waals surface area contributed by atoms with Crippen LogP contribution in [0.2, 0.25) is 0 Å². The molecule has 0 bridgehead atoms. The van der Waals surface area contributed by atoms with E-state index in [1.165, 1.54) is 25.7 Å². The first-order valence-electron chi connectivity index (χ1n) is 5.72. The smallest absolute Gasteiger partial charge is 0.240 e. The van der Waals surface area contributed by atoms with Crippen LogP contribution < -0.4 is 5.32 Å². The molecule has 2 rings (SSSR count). The lowest BCUT2D eigenvalue weighted by molar-refractivity contribution is -0.131. The predicted molar refractivity (Wildman–Crippen MR) is 55.7 cm³/mol. The van der Waals surface area contributed by atoms with Crippen LogP contribution in [0.4, 0.5) is 0 Å². The van der Waals surface area contributed by atoms with E-state index < -0.39 is 0 Å². The highest BCUT2D eigenvalue weighted by atomic mass is 16.2. The summed E-state index contributed by atoms with van der Waals surface area (Å²) in [7, 11) is 0. The summed E-state index contributed by atoms with van der Waals surface area (Å²) in [4.78, 5) is 13.8. The van der Waals surface area contributed by atoms with Crippen molar-refractivity contribution in [3.63, 3.8) is 0 Å². The first-order valence-corrected chi connectivity index (χ1v) is 5.72. The molecule has 1 amide bonds. The normalized spacial score (nSPS) is 39.1. The highest BCUT2D eigenvalue weighted by Crippen LogP contribution is 2.28. The summed E-state index contributed by atoms with van der Waals surface area (Å²) in [6.45, 7) is 5.01. The molecule has 3 heteroatoms. The van der Waals surface area contributed by atoms with Gasteiger partial charge in [-0.1, -0.05) is 19.8 Å². The van der Waals surface area contributed by atoms with Gasteiger partial charge in [-0.05, 0) is 25.7 Å². The minimum atomic E-state index is 0.0345. The zero-order valence-corrected chi connectivity index (χ0v) is 9.12. The first-order chi connectivity index (χ1) is 6.68. The molecule has 1 saturated heterocycles. The summed E-state index contributed by atoms with van der Waals surface area (Å²) >= 11 is 0. The van der Waals surface area contributed by atoms with E-state index in [0.29, 0.717) is 11.9 Å². The molecule has 2 fully saturated rings. The van der Waals surface area contributed by atoms with Gasteiger partial charge in [0.1, 0.15) is 0 Å². The third-order valence-corrected chi connectivity index (χ3v) is 3.57. The number of carbonyl (C=O) groups excluding carboxylic acids is 1. The largest absolute Gasteiger partial charge is 0.326 e. The van der Waals surface area contributed by atoms with Gasteiger partial charge in [0.25, 0.3) is 0 Å². The molecule has 0 aromatic carbocycles. The van der Waals surface area contributed by atoms with Crippen molar-refractivity contribution in [3.8, 4) is 0 Å². The predicted octanol–water partition coefficient (Wildman–Crippen LogP) is 1.34. The monoisotopic (exact) mass is 196 g/mol. The Morgan fingerprint density at radius 1 is 1.36 bits per heavy atom. The Balaban J connectivity index is 1.97. The van der Waals surface area contributed by atoms with Gasteiger partial charge >= 0.3 is 0 Å². The Labute approximate surface area is 85.8 Å². The van der Waals surface area contributed by atoms with Gasteiger partial charge in [0.2, 0.25) is 5.91 Å². The first kappa shape index (κ1) is 9.97. The summed E-state index contributed by atoms with van der Waals surface area (Å²) in [6.07, 6.45) is 5.01. The van der Waals surface area contributed by atoms with Crippen LogP contribution in [0.3, 0.4) is 0 Å². The van der Waals surface area contributed by atoms with E-state index in [4.69, 9.17) is 0 Å². The second kappa shape index (κ2) is 3.89. The summed E-state index contributed by atoms with van der Waals surface area (Å²) in [5.41, 5.74) is 0. The number of nitrogens with zero attached hydrogens (tertiary/aromatic N) is 1. The summed E-state index contributed by atoms with van der Waals surface area (Å²) in [5, 5.41) is 3.21. The highest BCUT2D eigenvalue weighted by Gasteiger charge is 2.34. The second-order valence-electron chi connectivity index (χ2n) is 4.82. The van der Waals surface area contributed by atoms with Gasteiger partial charge < -0.3 is 4.90 Å². The molecule has 1 heterocycles. The van der Waals surface area contributed by atoms with Crippen LogP contribution >= 0.6 is 0 Å². The molecule has 0 aromatic heterocycles. The van der Waals surface area contributed by atoms with Crippen molar-refractivity contribution in [2.75, 3.05) is 6.67 Å². The molecule has 3 nitrogen and oxygen atoms in total. The Morgan fingerprint density at radius 2 is 2.14 bits per heavy atom. The number of rotatable bonds is 1. The van der Waals surface area contributed by atoms with Gasteiger partial charge in [-0.3, -0.25) is 10.1 Å². The van der Waals surface area contributed by atoms with E-state index in [-0.39, 0.29) is 6.04 Å². The molecule has 80 valence electrons. The molecule has 1 saturated carbocycles. The van der Waals surface area contributed by atoms with Crippen molar-refractivity contribution in [1.82, 2.24) is 10.2 Å². The topological polar surface area (TPSA) is 32.3 Å². The van der Waals surface area contributed by atoms with Crippen LogP contribution in [-0.4, -0.2) is 29.6 Å². The van der Waals surface area contributed by atoms with Crippen molar-refractivity contribution < 1.29 is 4.79 Å². The molecule has 0 radical (unpaired) electrons. The van der Waals surface area contributed by atoms with Crippen LogP contribution in [0.5, 0.6) is 0 Å². The molecule has 0 spiro atoms. The molecule has 3 atom stereocenters. The van der Waals surface area contributed by atoms with Crippen LogP contribution in [0.15, 0.2) is 0 Å². The van der Waals surface area contributed by atoms with Crippen LogP contribution in [-0.2, 0) is 4.79 Å². The second-order valence-corrected chi connectivity index (χ2v) is 4.82. The molecule has 3 unspecified atom stereocenters. The molecular formula is C11H20N2O. The van der Waals surface area contributed by atoms with Crippen LogP contribution in [0.25, 0.3) is 0 Å². The average molecular weight is 196 g/mol. The highest BCUT2D eigenvalue weighted by molar-refractivity contribution is 5.83. The molecule has 1 aliphatic carbocycles. The Kier molecular flexibility index (Phi) is 2.77. The van der Waals surface area contributed by atoms with Crippen molar-refractivity contribution in [2.45, 2.75) is 51.6 Å². The zero-order chi connectivity index (χ0) is 10.1. The molecule has 1 N–H and O–H groups in total. The number of nitrogens with one attached hydrogen (secondary N) is 1. The quantitative estimate of drug-likeness (QED) is 0.686. The number of carbonyl (C=O) groups is 1. The lowest BCUT2D eigenvalue weighted by Crippen LogP contribution is -2.40. The Morgan fingerprint density at radius 3 is 2.71 bits per heavy atom. The van der Waals surface area contributed by atoms with E-state index in [0.717, 1.165) is 12.6 Å². The summed E-state index contributed by atoms with van der Waals surface area (Å²) < 4.78 is 0. The molecule has 1 aliphatic heterocycles. The number of hydrogen-bond donors (Lipinski definition) is 1. The minimum Gasteiger partial charge on any atom is -0.326 e. The fourth-order valence-corrected chi connectivity index (χ4v) is 2.64. The summed E-state index contributed by atoms with van der Waals surface area (Å²) in [5.74, 6) is 1.08. The van der Waals surface area contributed by atoms with Crippen molar-refractivity contribution in [2.24, 2.45) is 5.92 Å². The van der Waals surface area contributed by atoms with Crippen molar-refractivity contribution >= 4 is 5.91 Å². The molecular weight excluding hydrogens is 176 g/mol. The van der Waals surface area contributed by atoms with E-state index >= 15 is 0 Å². The standard InChI is InChI=1S/C11H20N2O/c1-8-4-3-5-10(6-8)13-7-12-9(2)11(13)14/h8-10,12H,3-7H2,1-2H3. The van der Waals surface area contributed by atoms with E-state index in [1.54, 1.807) is 0 Å². The summed E-state index contributed by atoms with van der Waals surface area (Å²) in [6, 6.07) is 0.538. The lowest BCUT2D eigenvalue weighted by atomic mass is 9.86. The zero-order valence-electron chi connectivity index (χ0n) is 9.12. The van der Waals surface area contributed by atoms with Gasteiger partial charge in [0.05, 0.1) is 12.7 Å². The maximum atomic E-state index is 11.8. The average Bonchev–Trinajstić information content (AvgIpc) is 2.48. The SMILES string of the molecule is CC1CCCC(N2CNC(C)C2=O)C1.